The molecule has 1 atom stereocenters. The monoisotopic (exact) mass is 224 g/mol. The van der Waals surface area contributed by atoms with Gasteiger partial charge < -0.3 is 20.4 Å². The maximum absolute atomic E-state index is 11.6. The van der Waals surface area contributed by atoms with Crippen LogP contribution < -0.4 is 10.6 Å². The van der Waals surface area contributed by atoms with Gasteiger partial charge in [-0.05, 0) is 0 Å². The Bertz CT molecular complexity index is 320. The number of H-pyrrole nitrogens is 1. The number of nitrogens with zero attached hydrogens (tertiary/aromatic N) is 1. The Morgan fingerprint density at radius 3 is 3.31 bits per heavy atom. The molecule has 3 N–H and O–H groups in total. The average molecular weight is 224 g/mol. The van der Waals surface area contributed by atoms with Gasteiger partial charge in [0.1, 0.15) is 5.82 Å². The van der Waals surface area contributed by atoms with Crippen molar-refractivity contribution in [3.05, 3.63) is 18.2 Å². The van der Waals surface area contributed by atoms with E-state index >= 15 is 0 Å². The van der Waals surface area contributed by atoms with Gasteiger partial charge in [-0.1, -0.05) is 0 Å². The summed E-state index contributed by atoms with van der Waals surface area (Å²) in [5.41, 5.74) is 0. The van der Waals surface area contributed by atoms with Crippen molar-refractivity contribution < 1.29 is 9.53 Å². The number of morpholine rings is 1. The summed E-state index contributed by atoms with van der Waals surface area (Å²) < 4.78 is 5.27. The number of rotatable bonds is 4. The molecular formula is C10H16N4O2. The molecule has 1 saturated heterocycles. The highest BCUT2D eigenvalue weighted by molar-refractivity contribution is 5.76. The fourth-order valence-electron chi connectivity index (χ4n) is 1.62. The number of hydrogen-bond donors (Lipinski definition) is 3. The first kappa shape index (κ1) is 11.1. The van der Waals surface area contributed by atoms with Gasteiger partial charge in [0.2, 0.25) is 5.91 Å². The predicted octanol–water partition coefficient (Wildman–Crippen LogP) is -0.596. The second-order valence-corrected chi connectivity index (χ2v) is 3.74. The standard InChI is InChI=1S/C10H16N4O2/c15-10(5-8-7-16-4-3-11-8)14-6-9-12-1-2-13-9/h1-2,8,11H,3-7H2,(H,12,13)(H,14,15). The Morgan fingerprint density at radius 2 is 2.62 bits per heavy atom. The maximum Gasteiger partial charge on any atom is 0.222 e. The van der Waals surface area contributed by atoms with Crippen molar-refractivity contribution in [2.75, 3.05) is 19.8 Å². The molecule has 0 saturated carbocycles. The summed E-state index contributed by atoms with van der Waals surface area (Å²) >= 11 is 0. The molecule has 1 aliphatic heterocycles. The number of hydrogen-bond acceptors (Lipinski definition) is 4. The molecule has 1 aromatic rings. The van der Waals surface area contributed by atoms with E-state index in [9.17, 15) is 4.79 Å². The Hall–Kier alpha value is -1.40. The van der Waals surface area contributed by atoms with Crippen LogP contribution in [-0.2, 0) is 16.1 Å². The third kappa shape index (κ3) is 3.32. The van der Waals surface area contributed by atoms with Gasteiger partial charge in [-0.3, -0.25) is 4.79 Å². The minimum atomic E-state index is 0.0133. The van der Waals surface area contributed by atoms with Crippen molar-refractivity contribution in [3.63, 3.8) is 0 Å². The van der Waals surface area contributed by atoms with Crippen molar-refractivity contribution in [1.29, 1.82) is 0 Å². The lowest BCUT2D eigenvalue weighted by Gasteiger charge is -2.23. The molecule has 2 rings (SSSR count). The molecule has 16 heavy (non-hydrogen) atoms. The molecule has 0 aliphatic carbocycles. The first-order chi connectivity index (χ1) is 7.84. The molecule has 2 heterocycles. The van der Waals surface area contributed by atoms with Gasteiger partial charge in [-0.25, -0.2) is 4.98 Å². The van der Waals surface area contributed by atoms with E-state index in [4.69, 9.17) is 4.74 Å². The Morgan fingerprint density at radius 1 is 1.69 bits per heavy atom. The molecule has 0 bridgehead atoms. The van der Waals surface area contributed by atoms with Crippen LogP contribution in [0.15, 0.2) is 12.4 Å². The van der Waals surface area contributed by atoms with Crippen LogP contribution in [0.2, 0.25) is 0 Å². The Labute approximate surface area is 93.8 Å². The van der Waals surface area contributed by atoms with E-state index in [1.54, 1.807) is 12.4 Å². The van der Waals surface area contributed by atoms with Gasteiger partial charge in [0, 0.05) is 31.4 Å². The van der Waals surface area contributed by atoms with E-state index in [1.807, 2.05) is 0 Å². The third-order valence-corrected chi connectivity index (χ3v) is 2.44. The average Bonchev–Trinajstić information content (AvgIpc) is 2.81. The summed E-state index contributed by atoms with van der Waals surface area (Å²) in [6, 6.07) is 0.130. The topological polar surface area (TPSA) is 79.0 Å². The van der Waals surface area contributed by atoms with E-state index in [2.05, 4.69) is 20.6 Å². The third-order valence-electron chi connectivity index (χ3n) is 2.44. The highest BCUT2D eigenvalue weighted by Gasteiger charge is 2.16. The zero-order valence-corrected chi connectivity index (χ0v) is 9.03. The second-order valence-electron chi connectivity index (χ2n) is 3.74. The molecule has 1 aromatic heterocycles. The summed E-state index contributed by atoms with van der Waals surface area (Å²) in [5.74, 6) is 0.778. The largest absolute Gasteiger partial charge is 0.378 e. The van der Waals surface area contributed by atoms with Crippen LogP contribution >= 0.6 is 0 Å². The number of ether oxygens (including phenoxy) is 1. The maximum atomic E-state index is 11.6. The summed E-state index contributed by atoms with van der Waals surface area (Å²) in [6.07, 6.45) is 3.84. The molecule has 1 amide bonds. The quantitative estimate of drug-likeness (QED) is 0.638. The lowest BCUT2D eigenvalue weighted by molar-refractivity contribution is -0.122. The normalized spacial score (nSPS) is 20.6. The van der Waals surface area contributed by atoms with Gasteiger partial charge in [0.15, 0.2) is 0 Å². The second kappa shape index (κ2) is 5.62. The summed E-state index contributed by atoms with van der Waals surface area (Å²) in [7, 11) is 0. The summed E-state index contributed by atoms with van der Waals surface area (Å²) in [4.78, 5) is 18.5. The number of amides is 1. The first-order valence-electron chi connectivity index (χ1n) is 5.40. The predicted molar refractivity (Wildman–Crippen MR) is 57.7 cm³/mol. The van der Waals surface area contributed by atoms with Gasteiger partial charge in [0.05, 0.1) is 19.8 Å². The SMILES string of the molecule is O=C(CC1COCCN1)NCc1ncc[nH]1. The van der Waals surface area contributed by atoms with Crippen LogP contribution in [0.4, 0.5) is 0 Å². The van der Waals surface area contributed by atoms with Crippen LogP contribution in [0.25, 0.3) is 0 Å². The lowest BCUT2D eigenvalue weighted by atomic mass is 10.2. The van der Waals surface area contributed by atoms with Gasteiger partial charge in [0.25, 0.3) is 0 Å². The van der Waals surface area contributed by atoms with E-state index in [0.29, 0.717) is 19.6 Å². The van der Waals surface area contributed by atoms with Gasteiger partial charge in [-0.15, -0.1) is 0 Å². The zero-order valence-electron chi connectivity index (χ0n) is 9.03. The van der Waals surface area contributed by atoms with E-state index in [0.717, 1.165) is 19.0 Å². The fourth-order valence-corrected chi connectivity index (χ4v) is 1.62. The van der Waals surface area contributed by atoms with E-state index < -0.39 is 0 Å². The van der Waals surface area contributed by atoms with Crippen LogP contribution in [-0.4, -0.2) is 41.7 Å². The molecule has 0 aromatic carbocycles. The van der Waals surface area contributed by atoms with Crippen molar-refractivity contribution in [1.82, 2.24) is 20.6 Å². The first-order valence-corrected chi connectivity index (χ1v) is 5.40. The number of nitrogens with one attached hydrogen (secondary N) is 3. The lowest BCUT2D eigenvalue weighted by Crippen LogP contribution is -2.44. The van der Waals surface area contributed by atoms with Gasteiger partial charge >= 0.3 is 0 Å². The van der Waals surface area contributed by atoms with Crippen LogP contribution in [0.3, 0.4) is 0 Å². The van der Waals surface area contributed by atoms with E-state index in [1.165, 1.54) is 0 Å². The highest BCUT2D eigenvalue weighted by atomic mass is 16.5. The minimum Gasteiger partial charge on any atom is -0.378 e. The number of aromatic nitrogens is 2. The van der Waals surface area contributed by atoms with Crippen molar-refractivity contribution in [3.8, 4) is 0 Å². The molecule has 1 fully saturated rings. The van der Waals surface area contributed by atoms with Crippen molar-refractivity contribution in [2.45, 2.75) is 19.0 Å². The fraction of sp³-hybridized carbons (Fsp3) is 0.600. The Kier molecular flexibility index (Phi) is 3.90. The zero-order chi connectivity index (χ0) is 11.2. The highest BCUT2D eigenvalue weighted by Crippen LogP contribution is 1.98. The van der Waals surface area contributed by atoms with Crippen LogP contribution in [0.5, 0.6) is 0 Å². The van der Waals surface area contributed by atoms with Crippen LogP contribution in [0, 0.1) is 0 Å². The number of aromatic amines is 1. The number of carbonyl (C=O) groups excluding carboxylic acids is 1. The molecule has 1 unspecified atom stereocenters. The van der Waals surface area contributed by atoms with Gasteiger partial charge in [-0.2, -0.15) is 0 Å². The number of imidazole rings is 1. The van der Waals surface area contributed by atoms with Crippen LogP contribution in [0.1, 0.15) is 12.2 Å². The molecule has 0 spiro atoms. The van der Waals surface area contributed by atoms with Crippen molar-refractivity contribution >= 4 is 5.91 Å². The molecule has 88 valence electrons. The summed E-state index contributed by atoms with van der Waals surface area (Å²) in [6.45, 7) is 2.59. The molecule has 6 heteroatoms. The molecule has 0 radical (unpaired) electrons. The minimum absolute atomic E-state index is 0.0133. The molecule has 6 nitrogen and oxygen atoms in total. The Balaban J connectivity index is 1.67. The number of carbonyl (C=O) groups is 1. The molecular weight excluding hydrogens is 208 g/mol. The smallest absolute Gasteiger partial charge is 0.222 e. The summed E-state index contributed by atoms with van der Waals surface area (Å²) in [5, 5.41) is 6.04. The van der Waals surface area contributed by atoms with Crippen molar-refractivity contribution in [2.24, 2.45) is 0 Å². The van der Waals surface area contributed by atoms with E-state index in [-0.39, 0.29) is 11.9 Å². The molecule has 1 aliphatic rings.